The highest BCUT2D eigenvalue weighted by molar-refractivity contribution is 6.05. The summed E-state index contributed by atoms with van der Waals surface area (Å²) in [4.78, 5) is 26.5. The number of amides is 1. The average Bonchev–Trinajstić information content (AvgIpc) is 3.18. The highest BCUT2D eigenvalue weighted by Crippen LogP contribution is 2.39. The molecular weight excluding hydrogens is 320 g/mol. The van der Waals surface area contributed by atoms with Crippen molar-refractivity contribution in [1.82, 2.24) is 19.9 Å². The van der Waals surface area contributed by atoms with Gasteiger partial charge in [0, 0.05) is 25.2 Å². The van der Waals surface area contributed by atoms with Crippen molar-refractivity contribution in [3.8, 4) is 0 Å². The third kappa shape index (κ3) is 3.01. The molecule has 0 N–H and O–H groups in total. The lowest BCUT2D eigenvalue weighted by molar-refractivity contribution is 0.0591. The highest BCUT2D eigenvalue weighted by Gasteiger charge is 2.32. The smallest absolute Gasteiger partial charge is 0.338 e. The predicted molar refractivity (Wildman–Crippen MR) is 89.3 cm³/mol. The van der Waals surface area contributed by atoms with E-state index in [9.17, 15) is 9.59 Å². The largest absolute Gasteiger partial charge is 0.465 e. The van der Waals surface area contributed by atoms with E-state index in [0.717, 1.165) is 12.1 Å². The zero-order valence-electron chi connectivity index (χ0n) is 14.1. The normalized spacial score (nSPS) is 19.9. The molecule has 1 saturated heterocycles. The lowest BCUT2D eigenvalue weighted by atomic mass is 10.1. The monoisotopic (exact) mass is 340 g/mol. The summed E-state index contributed by atoms with van der Waals surface area (Å²) >= 11 is 0. The number of benzene rings is 1. The maximum Gasteiger partial charge on any atom is 0.338 e. The van der Waals surface area contributed by atoms with Crippen LogP contribution in [0.1, 0.15) is 57.6 Å². The molecule has 2 aliphatic rings. The zero-order chi connectivity index (χ0) is 17.4. The number of aromatic nitrogens is 3. The van der Waals surface area contributed by atoms with Gasteiger partial charge in [0.15, 0.2) is 0 Å². The molecule has 7 nitrogen and oxygen atoms in total. The standard InChI is InChI=1S/C18H20N4O3/c1-25-18(24)15-5-3-2-4-14(15)17(23)21-9-8-13(10-21)22-11-16(19-20-22)12-6-7-12/h2-5,11-13H,6-10H2,1H3. The van der Waals surface area contributed by atoms with E-state index in [4.69, 9.17) is 4.74 Å². The van der Waals surface area contributed by atoms with Crippen LogP contribution in [0.4, 0.5) is 0 Å². The number of likely N-dealkylation sites (tertiary alicyclic amines) is 1. The molecule has 0 bridgehead atoms. The van der Waals surface area contributed by atoms with E-state index in [1.165, 1.54) is 20.0 Å². The van der Waals surface area contributed by atoms with Gasteiger partial charge in [-0.1, -0.05) is 17.3 Å². The van der Waals surface area contributed by atoms with Crippen LogP contribution in [-0.2, 0) is 4.74 Å². The first-order valence-corrected chi connectivity index (χ1v) is 8.55. The summed E-state index contributed by atoms with van der Waals surface area (Å²) in [5.74, 6) is -0.0732. The number of hydrogen-bond acceptors (Lipinski definition) is 5. The number of rotatable bonds is 4. The van der Waals surface area contributed by atoms with Crippen molar-refractivity contribution in [3.63, 3.8) is 0 Å². The third-order valence-corrected chi connectivity index (χ3v) is 4.91. The first-order chi connectivity index (χ1) is 12.2. The third-order valence-electron chi connectivity index (χ3n) is 4.91. The van der Waals surface area contributed by atoms with Gasteiger partial charge in [-0.15, -0.1) is 5.10 Å². The van der Waals surface area contributed by atoms with Crippen molar-refractivity contribution in [2.24, 2.45) is 0 Å². The van der Waals surface area contributed by atoms with Gasteiger partial charge < -0.3 is 9.64 Å². The van der Waals surface area contributed by atoms with E-state index < -0.39 is 5.97 Å². The van der Waals surface area contributed by atoms with Crippen molar-refractivity contribution >= 4 is 11.9 Å². The number of carbonyl (C=O) groups is 2. The van der Waals surface area contributed by atoms with Crippen LogP contribution in [0, 0.1) is 0 Å². The molecule has 7 heteroatoms. The number of esters is 1. The average molecular weight is 340 g/mol. The van der Waals surface area contributed by atoms with Gasteiger partial charge >= 0.3 is 5.97 Å². The minimum atomic E-state index is -0.495. The molecule has 25 heavy (non-hydrogen) atoms. The van der Waals surface area contributed by atoms with E-state index in [1.807, 2.05) is 10.9 Å². The second kappa shape index (κ2) is 6.31. The Morgan fingerprint density at radius 1 is 1.16 bits per heavy atom. The fourth-order valence-electron chi connectivity index (χ4n) is 3.31. The van der Waals surface area contributed by atoms with Crippen LogP contribution in [0.5, 0.6) is 0 Å². The molecule has 1 aromatic heterocycles. The molecule has 2 heterocycles. The summed E-state index contributed by atoms with van der Waals surface area (Å²) in [6.45, 7) is 1.21. The lowest BCUT2D eigenvalue weighted by Gasteiger charge is -2.18. The van der Waals surface area contributed by atoms with Crippen LogP contribution in [-0.4, -0.2) is 52.0 Å². The molecule has 0 radical (unpaired) electrons. The van der Waals surface area contributed by atoms with Crippen molar-refractivity contribution in [1.29, 1.82) is 0 Å². The van der Waals surface area contributed by atoms with Gasteiger partial charge in [-0.2, -0.15) is 0 Å². The van der Waals surface area contributed by atoms with E-state index in [1.54, 1.807) is 29.2 Å². The van der Waals surface area contributed by atoms with Crippen molar-refractivity contribution < 1.29 is 14.3 Å². The molecule has 0 spiro atoms. The van der Waals surface area contributed by atoms with E-state index in [-0.39, 0.29) is 11.9 Å². The summed E-state index contributed by atoms with van der Waals surface area (Å²) in [6.07, 6.45) is 5.23. The fourth-order valence-corrected chi connectivity index (χ4v) is 3.31. The Morgan fingerprint density at radius 2 is 1.92 bits per heavy atom. The molecule has 2 fully saturated rings. The minimum Gasteiger partial charge on any atom is -0.465 e. The Morgan fingerprint density at radius 3 is 2.64 bits per heavy atom. The van der Waals surface area contributed by atoms with Crippen LogP contribution < -0.4 is 0 Å². The summed E-state index contributed by atoms with van der Waals surface area (Å²) < 4.78 is 6.66. The van der Waals surface area contributed by atoms with E-state index >= 15 is 0 Å². The molecule has 1 amide bonds. The second-order valence-electron chi connectivity index (χ2n) is 6.63. The van der Waals surface area contributed by atoms with Crippen molar-refractivity contribution in [2.45, 2.75) is 31.2 Å². The maximum atomic E-state index is 12.9. The molecule has 4 rings (SSSR count). The molecular formula is C18H20N4O3. The molecule has 1 atom stereocenters. The molecule has 1 aliphatic carbocycles. The highest BCUT2D eigenvalue weighted by atomic mass is 16.5. The van der Waals surface area contributed by atoms with E-state index in [0.29, 0.717) is 30.1 Å². The Labute approximate surface area is 145 Å². The molecule has 1 aliphatic heterocycles. The molecule has 1 saturated carbocycles. The first kappa shape index (κ1) is 15.8. The Hall–Kier alpha value is -2.70. The predicted octanol–water partition coefficient (Wildman–Crippen LogP) is 2.03. The van der Waals surface area contributed by atoms with Crippen LogP contribution in [0.3, 0.4) is 0 Å². The molecule has 2 aromatic rings. The molecule has 1 aromatic carbocycles. The number of ether oxygens (including phenoxy) is 1. The van der Waals surface area contributed by atoms with Crippen molar-refractivity contribution in [2.75, 3.05) is 20.2 Å². The minimum absolute atomic E-state index is 0.134. The SMILES string of the molecule is COC(=O)c1ccccc1C(=O)N1CCC(n2cc(C3CC3)nn2)C1. The summed E-state index contributed by atoms with van der Waals surface area (Å²) in [7, 11) is 1.32. The van der Waals surface area contributed by atoms with Gasteiger partial charge in [0.05, 0.1) is 30.0 Å². The maximum absolute atomic E-state index is 12.9. The lowest BCUT2D eigenvalue weighted by Crippen LogP contribution is -2.30. The molecule has 1 unspecified atom stereocenters. The van der Waals surface area contributed by atoms with Crippen LogP contribution in [0.25, 0.3) is 0 Å². The number of nitrogens with zero attached hydrogens (tertiary/aromatic N) is 4. The Bertz CT molecular complexity index is 812. The van der Waals surface area contributed by atoms with Gasteiger partial charge in [0.25, 0.3) is 5.91 Å². The fraction of sp³-hybridized carbons (Fsp3) is 0.444. The number of hydrogen-bond donors (Lipinski definition) is 0. The first-order valence-electron chi connectivity index (χ1n) is 8.55. The van der Waals surface area contributed by atoms with Crippen LogP contribution in [0.2, 0.25) is 0 Å². The van der Waals surface area contributed by atoms with Gasteiger partial charge in [0.2, 0.25) is 0 Å². The number of carbonyl (C=O) groups excluding carboxylic acids is 2. The van der Waals surface area contributed by atoms with Gasteiger partial charge in [-0.3, -0.25) is 4.79 Å². The Kier molecular flexibility index (Phi) is 3.99. The summed E-state index contributed by atoms with van der Waals surface area (Å²) in [5, 5.41) is 8.49. The quantitative estimate of drug-likeness (QED) is 0.796. The summed E-state index contributed by atoms with van der Waals surface area (Å²) in [6, 6.07) is 6.90. The van der Waals surface area contributed by atoms with Crippen molar-refractivity contribution in [3.05, 3.63) is 47.3 Å². The van der Waals surface area contributed by atoms with Crippen LogP contribution >= 0.6 is 0 Å². The van der Waals surface area contributed by atoms with Gasteiger partial charge in [0.1, 0.15) is 0 Å². The topological polar surface area (TPSA) is 77.3 Å². The number of methoxy groups -OCH3 is 1. The second-order valence-corrected chi connectivity index (χ2v) is 6.63. The zero-order valence-corrected chi connectivity index (χ0v) is 14.1. The molecule has 130 valence electrons. The Balaban J connectivity index is 1.49. The summed E-state index contributed by atoms with van der Waals surface area (Å²) in [5.41, 5.74) is 1.74. The van der Waals surface area contributed by atoms with Gasteiger partial charge in [-0.05, 0) is 31.4 Å². The van der Waals surface area contributed by atoms with E-state index in [2.05, 4.69) is 10.3 Å². The van der Waals surface area contributed by atoms with Gasteiger partial charge in [-0.25, -0.2) is 9.48 Å². The van der Waals surface area contributed by atoms with Crippen LogP contribution in [0.15, 0.2) is 30.5 Å².